The zero-order chi connectivity index (χ0) is 20.2. The normalized spacial score (nSPS) is 18.7. The molecule has 2 atom stereocenters. The van der Waals surface area contributed by atoms with Crippen LogP contribution in [0.4, 0.5) is 10.5 Å². The molecular formula is C17H28N4O6. The minimum absolute atomic E-state index is 0.0259. The van der Waals surface area contributed by atoms with Crippen LogP contribution in [0.1, 0.15) is 51.8 Å². The summed E-state index contributed by atoms with van der Waals surface area (Å²) in [6, 6.07) is -0.0546. The van der Waals surface area contributed by atoms with Gasteiger partial charge < -0.3 is 19.9 Å². The van der Waals surface area contributed by atoms with Gasteiger partial charge in [0.15, 0.2) is 0 Å². The molecule has 1 amide bonds. The van der Waals surface area contributed by atoms with Gasteiger partial charge in [-0.1, -0.05) is 20.8 Å². The van der Waals surface area contributed by atoms with Crippen LogP contribution in [0.2, 0.25) is 0 Å². The number of nitrogens with two attached hydrogens (primary N) is 1. The summed E-state index contributed by atoms with van der Waals surface area (Å²) in [5.41, 5.74) is 4.92. The summed E-state index contributed by atoms with van der Waals surface area (Å²) in [5, 5.41) is 16.0. The zero-order valence-electron chi connectivity index (χ0n) is 16.3. The van der Waals surface area contributed by atoms with Crippen LogP contribution in [0.3, 0.4) is 0 Å². The second-order valence-electron chi connectivity index (χ2n) is 7.74. The number of ether oxygens (including phenoxy) is 3. The van der Waals surface area contributed by atoms with Crippen molar-refractivity contribution < 1.29 is 23.9 Å². The number of carbonyl (C=O) groups is 1. The molecular weight excluding hydrogens is 356 g/mol. The third kappa shape index (κ3) is 5.31. The quantitative estimate of drug-likeness (QED) is 0.564. The van der Waals surface area contributed by atoms with E-state index in [0.29, 0.717) is 25.3 Å². The lowest BCUT2D eigenvalue weighted by Crippen LogP contribution is -2.34. The van der Waals surface area contributed by atoms with Crippen molar-refractivity contribution in [1.29, 1.82) is 0 Å². The molecule has 10 nitrogen and oxygen atoms in total. The van der Waals surface area contributed by atoms with Crippen LogP contribution in [0.15, 0.2) is 0 Å². The molecule has 0 aromatic carbocycles. The van der Waals surface area contributed by atoms with E-state index in [0.717, 1.165) is 12.8 Å². The van der Waals surface area contributed by atoms with Gasteiger partial charge in [0, 0.05) is 13.0 Å². The molecule has 2 rings (SSSR count). The van der Waals surface area contributed by atoms with Gasteiger partial charge in [0.2, 0.25) is 0 Å². The summed E-state index contributed by atoms with van der Waals surface area (Å²) < 4.78 is 17.9. The number of carbonyl (C=O) groups excluding carboxylic acids is 1. The zero-order valence-corrected chi connectivity index (χ0v) is 16.3. The highest BCUT2D eigenvalue weighted by molar-refractivity contribution is 5.64. The van der Waals surface area contributed by atoms with E-state index in [1.165, 1.54) is 0 Å². The second kappa shape index (κ2) is 8.55. The average Bonchev–Trinajstić information content (AvgIpc) is 2.90. The smallest absolute Gasteiger partial charge is 0.404 e. The van der Waals surface area contributed by atoms with Crippen LogP contribution >= 0.6 is 0 Å². The van der Waals surface area contributed by atoms with Crippen molar-refractivity contribution in [2.24, 2.45) is 11.1 Å². The molecule has 0 radical (unpaired) electrons. The van der Waals surface area contributed by atoms with E-state index in [2.05, 4.69) is 5.10 Å². The number of amides is 1. The Kier molecular flexibility index (Phi) is 6.63. The van der Waals surface area contributed by atoms with Crippen molar-refractivity contribution in [2.75, 3.05) is 19.8 Å². The maximum Gasteiger partial charge on any atom is 0.404 e. The largest absolute Gasteiger partial charge is 0.468 e. The molecule has 1 aromatic heterocycles. The first kappa shape index (κ1) is 20.9. The van der Waals surface area contributed by atoms with E-state index < -0.39 is 17.1 Å². The lowest BCUT2D eigenvalue weighted by atomic mass is 9.87. The van der Waals surface area contributed by atoms with Gasteiger partial charge in [0.25, 0.3) is 0 Å². The van der Waals surface area contributed by atoms with E-state index in [1.54, 1.807) is 11.6 Å². The average molecular weight is 384 g/mol. The number of nitro groups is 1. The Morgan fingerprint density at radius 1 is 1.52 bits per heavy atom. The van der Waals surface area contributed by atoms with Crippen LogP contribution < -0.4 is 10.5 Å². The van der Waals surface area contributed by atoms with Crippen LogP contribution in [-0.4, -0.2) is 46.7 Å². The predicted octanol–water partition coefficient (Wildman–Crippen LogP) is 2.73. The molecule has 0 spiro atoms. The lowest BCUT2D eigenvalue weighted by Gasteiger charge is -2.30. The minimum Gasteiger partial charge on any atom is -0.468 e. The van der Waals surface area contributed by atoms with Gasteiger partial charge in [0.1, 0.15) is 11.8 Å². The van der Waals surface area contributed by atoms with Crippen molar-refractivity contribution in [1.82, 2.24) is 9.78 Å². The Morgan fingerprint density at radius 3 is 2.74 bits per heavy atom. The van der Waals surface area contributed by atoms with Gasteiger partial charge in [-0.2, -0.15) is 0 Å². The number of hydrogen-bond acceptors (Lipinski definition) is 7. The molecule has 152 valence electrons. The van der Waals surface area contributed by atoms with Crippen molar-refractivity contribution >= 4 is 11.8 Å². The highest BCUT2D eigenvalue weighted by atomic mass is 16.6. The summed E-state index contributed by atoms with van der Waals surface area (Å²) >= 11 is 0. The van der Waals surface area contributed by atoms with Crippen LogP contribution in [0, 0.1) is 22.5 Å². The third-order valence-corrected chi connectivity index (χ3v) is 4.60. The molecule has 10 heteroatoms. The Balaban J connectivity index is 2.28. The van der Waals surface area contributed by atoms with Crippen LogP contribution in [0.5, 0.6) is 5.88 Å². The van der Waals surface area contributed by atoms with E-state index >= 15 is 0 Å². The van der Waals surface area contributed by atoms with Gasteiger partial charge in [-0.25, -0.2) is 4.79 Å². The number of nitrogens with zero attached hydrogens (tertiary/aromatic N) is 3. The molecule has 1 aromatic rings. The van der Waals surface area contributed by atoms with Crippen molar-refractivity contribution in [3.8, 4) is 5.88 Å². The summed E-state index contributed by atoms with van der Waals surface area (Å²) in [7, 11) is 0. The first-order chi connectivity index (χ1) is 12.6. The van der Waals surface area contributed by atoms with Gasteiger partial charge in [-0.3, -0.25) is 14.8 Å². The predicted molar refractivity (Wildman–Crippen MR) is 96.7 cm³/mol. The fourth-order valence-corrected chi connectivity index (χ4v) is 3.12. The third-order valence-electron chi connectivity index (χ3n) is 4.60. The van der Waals surface area contributed by atoms with Crippen molar-refractivity contribution in [2.45, 2.75) is 59.1 Å². The SMILES string of the molecule is Cc1c([N+](=O)[O-])c(OC(CCOC(N)=O)C(C)(C)C)nn1C1CCCOC1. The first-order valence-corrected chi connectivity index (χ1v) is 9.01. The molecule has 1 aliphatic heterocycles. The highest BCUT2D eigenvalue weighted by Gasteiger charge is 2.35. The van der Waals surface area contributed by atoms with Gasteiger partial charge in [-0.05, 0) is 25.2 Å². The fourth-order valence-electron chi connectivity index (χ4n) is 3.12. The molecule has 2 unspecified atom stereocenters. The molecule has 1 fully saturated rings. The Hall–Kier alpha value is -2.36. The van der Waals surface area contributed by atoms with E-state index in [1.807, 2.05) is 20.8 Å². The highest BCUT2D eigenvalue weighted by Crippen LogP contribution is 2.36. The molecule has 2 heterocycles. The Bertz CT molecular complexity index is 676. The van der Waals surface area contributed by atoms with E-state index in [4.69, 9.17) is 19.9 Å². The minimum atomic E-state index is -0.869. The van der Waals surface area contributed by atoms with E-state index in [9.17, 15) is 14.9 Å². The fraction of sp³-hybridized carbons (Fsp3) is 0.765. The van der Waals surface area contributed by atoms with E-state index in [-0.39, 0.29) is 29.6 Å². The summed E-state index contributed by atoms with van der Waals surface area (Å²) in [4.78, 5) is 22.0. The Labute approximate surface area is 158 Å². The number of primary amides is 1. The van der Waals surface area contributed by atoms with Crippen LogP contribution in [-0.2, 0) is 9.47 Å². The monoisotopic (exact) mass is 384 g/mol. The van der Waals surface area contributed by atoms with Gasteiger partial charge in [0.05, 0.1) is 24.2 Å². The molecule has 1 saturated heterocycles. The Morgan fingerprint density at radius 2 is 2.22 bits per heavy atom. The van der Waals surface area contributed by atoms with Crippen molar-refractivity contribution in [3.63, 3.8) is 0 Å². The first-order valence-electron chi connectivity index (χ1n) is 9.01. The molecule has 27 heavy (non-hydrogen) atoms. The summed E-state index contributed by atoms with van der Waals surface area (Å²) in [6.07, 6.45) is 0.728. The molecule has 2 N–H and O–H groups in total. The molecule has 0 aliphatic carbocycles. The number of hydrogen-bond donors (Lipinski definition) is 1. The number of rotatable bonds is 7. The number of aromatic nitrogens is 2. The van der Waals surface area contributed by atoms with Gasteiger partial charge in [-0.15, -0.1) is 5.10 Å². The maximum absolute atomic E-state index is 11.6. The molecule has 0 bridgehead atoms. The standard InChI is InChI=1S/C17H28N4O6/c1-11-14(21(23)24)15(19-20(11)12-6-5-8-25-10-12)27-13(17(2,3)4)7-9-26-16(18)22/h12-13H,5-10H2,1-4H3,(H2,18,22). The molecule has 0 saturated carbocycles. The second-order valence-corrected chi connectivity index (χ2v) is 7.74. The lowest BCUT2D eigenvalue weighted by molar-refractivity contribution is -0.386. The van der Waals surface area contributed by atoms with Gasteiger partial charge >= 0.3 is 17.7 Å². The molecule has 1 aliphatic rings. The van der Waals surface area contributed by atoms with Crippen LogP contribution in [0.25, 0.3) is 0 Å². The topological polar surface area (TPSA) is 132 Å². The summed E-state index contributed by atoms with van der Waals surface area (Å²) in [6.45, 7) is 8.68. The maximum atomic E-state index is 11.6. The summed E-state index contributed by atoms with van der Waals surface area (Å²) in [5.74, 6) is -0.0259. The van der Waals surface area contributed by atoms with Crippen molar-refractivity contribution in [3.05, 3.63) is 15.8 Å².